The van der Waals surface area contributed by atoms with Gasteiger partial charge >= 0.3 is 0 Å². The maximum absolute atomic E-state index is 12.8. The predicted molar refractivity (Wildman–Crippen MR) is 66.4 cm³/mol. The van der Waals surface area contributed by atoms with Gasteiger partial charge in [0.1, 0.15) is 5.82 Å². The van der Waals surface area contributed by atoms with Crippen LogP contribution >= 0.6 is 11.6 Å². The molecule has 0 atom stereocenters. The molecule has 1 aromatic carbocycles. The number of hydrogen-bond acceptors (Lipinski definition) is 2. The summed E-state index contributed by atoms with van der Waals surface area (Å²) in [5.74, 6) is -0.317. The highest BCUT2D eigenvalue weighted by Gasteiger charge is 2.19. The molecule has 2 N–H and O–H groups in total. The van der Waals surface area contributed by atoms with Crippen molar-refractivity contribution in [3.63, 3.8) is 0 Å². The van der Waals surface area contributed by atoms with Gasteiger partial charge in [-0.05, 0) is 43.4 Å². The van der Waals surface area contributed by atoms with Gasteiger partial charge in [-0.3, -0.25) is 0 Å². The summed E-state index contributed by atoms with van der Waals surface area (Å²) in [6.45, 7) is 0.443. The maximum atomic E-state index is 12.8. The molecule has 17 heavy (non-hydrogen) atoms. The Bertz CT molecular complexity index is 378. The summed E-state index contributed by atoms with van der Waals surface area (Å²) in [5, 5.41) is 0.428. The third-order valence-corrected chi connectivity index (χ3v) is 3.56. The van der Waals surface area contributed by atoms with Gasteiger partial charge in [0, 0.05) is 11.1 Å². The van der Waals surface area contributed by atoms with Crippen LogP contribution in [0.4, 0.5) is 4.39 Å². The minimum atomic E-state index is -0.317. The number of ether oxygens (including phenoxy) is 1. The molecule has 1 fully saturated rings. The summed E-state index contributed by atoms with van der Waals surface area (Å²) in [5.41, 5.74) is 6.66. The van der Waals surface area contributed by atoms with Gasteiger partial charge in [-0.25, -0.2) is 4.39 Å². The minimum absolute atomic E-state index is 0.260. The molecule has 0 heterocycles. The highest BCUT2D eigenvalue weighted by Crippen LogP contribution is 2.23. The van der Waals surface area contributed by atoms with Crippen molar-refractivity contribution >= 4 is 11.6 Å². The second-order valence-corrected chi connectivity index (χ2v) is 4.99. The molecule has 0 aromatic heterocycles. The zero-order valence-corrected chi connectivity index (χ0v) is 10.4. The summed E-state index contributed by atoms with van der Waals surface area (Å²) in [7, 11) is 0. The van der Waals surface area contributed by atoms with E-state index >= 15 is 0 Å². The molecule has 1 aliphatic rings. The van der Waals surface area contributed by atoms with Crippen LogP contribution in [-0.2, 0) is 11.3 Å². The van der Waals surface area contributed by atoms with Crippen LogP contribution in [0, 0.1) is 5.82 Å². The van der Waals surface area contributed by atoms with E-state index in [9.17, 15) is 4.39 Å². The van der Waals surface area contributed by atoms with Crippen molar-refractivity contribution in [1.82, 2.24) is 0 Å². The summed E-state index contributed by atoms with van der Waals surface area (Å²) < 4.78 is 18.6. The second kappa shape index (κ2) is 5.80. The molecular weight excluding hydrogens is 241 g/mol. The van der Waals surface area contributed by atoms with Crippen molar-refractivity contribution < 1.29 is 9.13 Å². The fourth-order valence-electron chi connectivity index (χ4n) is 2.10. The average molecular weight is 258 g/mol. The molecule has 0 aliphatic heterocycles. The average Bonchev–Trinajstić information content (AvgIpc) is 2.30. The first-order valence-electron chi connectivity index (χ1n) is 5.96. The Labute approximate surface area is 106 Å². The molecule has 1 saturated carbocycles. The lowest BCUT2D eigenvalue weighted by Crippen LogP contribution is -2.30. The Morgan fingerprint density at radius 1 is 1.29 bits per heavy atom. The summed E-state index contributed by atoms with van der Waals surface area (Å²) in [6, 6.07) is 4.72. The molecule has 0 unspecified atom stereocenters. The minimum Gasteiger partial charge on any atom is -0.373 e. The SMILES string of the molecule is NC1CCC(OCc2ccc(F)cc2Cl)CC1. The molecule has 94 valence electrons. The van der Waals surface area contributed by atoms with Crippen molar-refractivity contribution in [2.24, 2.45) is 5.73 Å². The topological polar surface area (TPSA) is 35.2 Å². The number of nitrogens with two attached hydrogens (primary N) is 1. The molecule has 1 aromatic rings. The van der Waals surface area contributed by atoms with Gasteiger partial charge in [0.25, 0.3) is 0 Å². The maximum Gasteiger partial charge on any atom is 0.124 e. The van der Waals surface area contributed by atoms with Gasteiger partial charge in [-0.1, -0.05) is 17.7 Å². The second-order valence-electron chi connectivity index (χ2n) is 4.58. The van der Waals surface area contributed by atoms with Crippen LogP contribution in [0.1, 0.15) is 31.2 Å². The Hall–Kier alpha value is -0.640. The summed E-state index contributed by atoms with van der Waals surface area (Å²) >= 11 is 5.93. The highest BCUT2D eigenvalue weighted by atomic mass is 35.5. The number of halogens is 2. The largest absolute Gasteiger partial charge is 0.373 e. The van der Waals surface area contributed by atoms with Gasteiger partial charge in [0.05, 0.1) is 12.7 Å². The molecule has 1 aliphatic carbocycles. The predicted octanol–water partition coefficient (Wildman–Crippen LogP) is 3.27. The van der Waals surface area contributed by atoms with Gasteiger partial charge in [-0.15, -0.1) is 0 Å². The van der Waals surface area contributed by atoms with E-state index < -0.39 is 0 Å². The molecule has 4 heteroatoms. The molecule has 0 spiro atoms. The molecule has 0 radical (unpaired) electrons. The van der Waals surface area contributed by atoms with E-state index in [1.807, 2.05) is 0 Å². The highest BCUT2D eigenvalue weighted by molar-refractivity contribution is 6.31. The van der Waals surface area contributed by atoms with Crippen molar-refractivity contribution in [1.29, 1.82) is 0 Å². The standard InChI is InChI=1S/C13H17ClFNO/c14-13-7-10(15)2-1-9(13)8-17-12-5-3-11(16)4-6-12/h1-2,7,11-12H,3-6,8,16H2. The van der Waals surface area contributed by atoms with E-state index in [0.717, 1.165) is 31.2 Å². The third-order valence-electron chi connectivity index (χ3n) is 3.21. The van der Waals surface area contributed by atoms with Crippen molar-refractivity contribution in [3.05, 3.63) is 34.6 Å². The fraction of sp³-hybridized carbons (Fsp3) is 0.538. The molecule has 2 nitrogen and oxygen atoms in total. The van der Waals surface area contributed by atoms with Crippen LogP contribution in [0.5, 0.6) is 0 Å². The molecule has 0 amide bonds. The molecule has 0 saturated heterocycles. The zero-order valence-electron chi connectivity index (χ0n) is 9.66. The Kier molecular flexibility index (Phi) is 4.37. The lowest BCUT2D eigenvalue weighted by molar-refractivity contribution is 0.0138. The number of rotatable bonds is 3. The van der Waals surface area contributed by atoms with E-state index in [0.29, 0.717) is 17.7 Å². The van der Waals surface area contributed by atoms with Crippen molar-refractivity contribution in [2.45, 2.75) is 44.4 Å². The first-order valence-corrected chi connectivity index (χ1v) is 6.34. The Morgan fingerprint density at radius 3 is 2.65 bits per heavy atom. The summed E-state index contributed by atoms with van der Waals surface area (Å²) in [6.07, 6.45) is 4.29. The lowest BCUT2D eigenvalue weighted by Gasteiger charge is -2.26. The van der Waals surface area contributed by atoms with Gasteiger partial charge in [0.15, 0.2) is 0 Å². The third kappa shape index (κ3) is 3.66. The van der Waals surface area contributed by atoms with E-state index in [1.165, 1.54) is 12.1 Å². The zero-order chi connectivity index (χ0) is 12.3. The molecule has 2 rings (SSSR count). The lowest BCUT2D eigenvalue weighted by atomic mass is 9.94. The van der Waals surface area contributed by atoms with E-state index in [-0.39, 0.29) is 11.9 Å². The Morgan fingerprint density at radius 2 is 2.00 bits per heavy atom. The smallest absolute Gasteiger partial charge is 0.124 e. The van der Waals surface area contributed by atoms with Gasteiger partial charge < -0.3 is 10.5 Å². The Balaban J connectivity index is 1.85. The van der Waals surface area contributed by atoms with Crippen molar-refractivity contribution in [3.8, 4) is 0 Å². The normalized spacial score (nSPS) is 24.9. The summed E-state index contributed by atoms with van der Waals surface area (Å²) in [4.78, 5) is 0. The van der Waals surface area contributed by atoms with Crippen LogP contribution < -0.4 is 5.73 Å². The van der Waals surface area contributed by atoms with Crippen LogP contribution in [0.25, 0.3) is 0 Å². The number of hydrogen-bond donors (Lipinski definition) is 1. The van der Waals surface area contributed by atoms with Crippen LogP contribution in [0.2, 0.25) is 5.02 Å². The van der Waals surface area contributed by atoms with E-state index in [1.54, 1.807) is 6.07 Å². The van der Waals surface area contributed by atoms with Crippen LogP contribution in [-0.4, -0.2) is 12.1 Å². The van der Waals surface area contributed by atoms with Crippen LogP contribution in [0.3, 0.4) is 0 Å². The monoisotopic (exact) mass is 257 g/mol. The van der Waals surface area contributed by atoms with E-state index in [2.05, 4.69) is 0 Å². The quantitative estimate of drug-likeness (QED) is 0.902. The molecule has 0 bridgehead atoms. The van der Waals surface area contributed by atoms with Gasteiger partial charge in [0.2, 0.25) is 0 Å². The first-order chi connectivity index (χ1) is 8.15. The first kappa shape index (κ1) is 12.8. The van der Waals surface area contributed by atoms with E-state index in [4.69, 9.17) is 22.1 Å². The molecular formula is C13H17ClFNO. The number of benzene rings is 1. The van der Waals surface area contributed by atoms with Crippen molar-refractivity contribution in [2.75, 3.05) is 0 Å². The van der Waals surface area contributed by atoms with Crippen LogP contribution in [0.15, 0.2) is 18.2 Å². The van der Waals surface area contributed by atoms with Gasteiger partial charge in [-0.2, -0.15) is 0 Å². The fourth-order valence-corrected chi connectivity index (χ4v) is 2.32.